The molecule has 8 heteroatoms. The zero-order chi connectivity index (χ0) is 14.8. The van der Waals surface area contributed by atoms with E-state index in [9.17, 15) is 8.42 Å². The number of nitrogens with zero attached hydrogens (tertiary/aromatic N) is 2. The topological polar surface area (TPSA) is 90.0 Å². The number of benzene rings is 1. The van der Waals surface area contributed by atoms with Crippen LogP contribution in [0.1, 0.15) is 11.1 Å². The molecule has 1 aromatic carbocycles. The molecule has 3 N–H and O–H groups in total. The van der Waals surface area contributed by atoms with E-state index in [-0.39, 0.29) is 16.6 Å². The van der Waals surface area contributed by atoms with E-state index < -0.39 is 10.0 Å². The van der Waals surface area contributed by atoms with E-state index in [0.29, 0.717) is 5.56 Å². The maximum absolute atomic E-state index is 12.1. The number of hydrogen-bond acceptors (Lipinski definition) is 4. The quantitative estimate of drug-likeness (QED) is 0.786. The molecule has 20 heavy (non-hydrogen) atoms. The lowest BCUT2D eigenvalue weighted by Gasteiger charge is -2.08. The van der Waals surface area contributed by atoms with Crippen LogP contribution < -0.4 is 10.5 Å². The molecule has 0 aliphatic carbocycles. The van der Waals surface area contributed by atoms with Gasteiger partial charge in [-0.05, 0) is 17.7 Å². The van der Waals surface area contributed by atoms with Gasteiger partial charge in [-0.2, -0.15) is 5.10 Å². The van der Waals surface area contributed by atoms with E-state index in [1.165, 1.54) is 16.9 Å². The maximum Gasteiger partial charge on any atom is 0.258 e. The van der Waals surface area contributed by atoms with Crippen LogP contribution in [0.5, 0.6) is 0 Å². The molecule has 2 aromatic rings. The lowest BCUT2D eigenvalue weighted by Crippen LogP contribution is -2.25. The molecule has 0 aliphatic rings. The van der Waals surface area contributed by atoms with E-state index in [1.54, 1.807) is 31.3 Å². The minimum absolute atomic E-state index is 0.114. The average molecular weight is 310 g/mol. The van der Waals surface area contributed by atoms with Gasteiger partial charge in [0.15, 0.2) is 5.03 Å². The van der Waals surface area contributed by atoms with Gasteiger partial charge in [0.05, 0.1) is 6.20 Å². The molecule has 0 spiro atoms. The van der Waals surface area contributed by atoms with Gasteiger partial charge in [0.25, 0.3) is 10.0 Å². The Kier molecular flexibility index (Phi) is 4.17. The summed E-state index contributed by atoms with van der Waals surface area (Å²) in [5, 5.41) is 3.95. The van der Waals surface area contributed by atoms with Gasteiger partial charge < -0.3 is 5.73 Å². The molecule has 2 rings (SSSR count). The lowest BCUT2D eigenvalue weighted by molar-refractivity contribution is 0.563. The third-order valence-corrected chi connectivity index (χ3v) is 4.44. The van der Waals surface area contributed by atoms with Crippen LogP contribution in [-0.2, 0) is 23.6 Å². The molecule has 0 saturated carbocycles. The van der Waals surface area contributed by atoms with Gasteiger partial charge >= 0.3 is 0 Å². The first-order chi connectivity index (χ1) is 9.40. The van der Waals surface area contributed by atoms with Crippen molar-refractivity contribution in [2.24, 2.45) is 12.8 Å². The van der Waals surface area contributed by atoms with Gasteiger partial charge in [0.2, 0.25) is 0 Å². The number of sulfonamides is 1. The Morgan fingerprint density at radius 3 is 2.80 bits per heavy atom. The van der Waals surface area contributed by atoms with Crippen molar-refractivity contribution in [1.82, 2.24) is 14.5 Å². The second-order valence-corrected chi connectivity index (χ2v) is 6.34. The summed E-state index contributed by atoms with van der Waals surface area (Å²) in [6.07, 6.45) is 1.43. The molecule has 0 amide bonds. The summed E-state index contributed by atoms with van der Waals surface area (Å²) < 4.78 is 28.0. The van der Waals surface area contributed by atoms with Crippen molar-refractivity contribution in [2.45, 2.75) is 11.6 Å². The second kappa shape index (κ2) is 5.70. The summed E-state index contributed by atoms with van der Waals surface area (Å²) in [5.74, 6) is 0. The predicted octanol–water partition coefficient (Wildman–Crippen LogP) is 0.533. The zero-order valence-corrected chi connectivity index (χ0v) is 12.4. The van der Waals surface area contributed by atoms with Crippen molar-refractivity contribution in [3.63, 3.8) is 0 Å². The van der Waals surface area contributed by atoms with Crippen LogP contribution in [0.15, 0.2) is 41.6 Å². The Morgan fingerprint density at radius 2 is 2.20 bits per heavy atom. The summed E-state index contributed by atoms with van der Waals surface area (Å²) >= 11 is 4.89. The summed E-state index contributed by atoms with van der Waals surface area (Å²) in [6.45, 7) is 0.157. The molecule has 1 aromatic heterocycles. The number of aromatic nitrogens is 2. The Bertz CT molecular complexity index is 737. The fourth-order valence-electron chi connectivity index (χ4n) is 1.71. The van der Waals surface area contributed by atoms with Gasteiger partial charge in [0.1, 0.15) is 4.99 Å². The van der Waals surface area contributed by atoms with Gasteiger partial charge in [-0.3, -0.25) is 4.68 Å². The van der Waals surface area contributed by atoms with Crippen LogP contribution in [0.4, 0.5) is 0 Å². The van der Waals surface area contributed by atoms with Crippen molar-refractivity contribution in [3.05, 3.63) is 47.7 Å². The number of rotatable bonds is 5. The van der Waals surface area contributed by atoms with Crippen molar-refractivity contribution in [3.8, 4) is 0 Å². The van der Waals surface area contributed by atoms with E-state index in [1.807, 2.05) is 0 Å². The van der Waals surface area contributed by atoms with Crippen LogP contribution in [0.25, 0.3) is 0 Å². The molecular formula is C12H14N4O2S2. The molecule has 0 saturated heterocycles. The summed E-state index contributed by atoms with van der Waals surface area (Å²) in [6, 6.07) is 8.55. The maximum atomic E-state index is 12.1. The Hall–Kier alpha value is -1.77. The molecule has 1 heterocycles. The third kappa shape index (κ3) is 3.21. The molecule has 0 fully saturated rings. The van der Waals surface area contributed by atoms with Crippen LogP contribution in [0, 0.1) is 0 Å². The largest absolute Gasteiger partial charge is 0.389 e. The molecule has 106 valence electrons. The lowest BCUT2D eigenvalue weighted by atomic mass is 10.1. The monoisotopic (exact) mass is 310 g/mol. The van der Waals surface area contributed by atoms with Crippen molar-refractivity contribution in [2.75, 3.05) is 0 Å². The highest BCUT2D eigenvalue weighted by Gasteiger charge is 2.17. The Morgan fingerprint density at radius 1 is 1.45 bits per heavy atom. The number of nitrogens with one attached hydrogen (secondary N) is 1. The first-order valence-electron chi connectivity index (χ1n) is 5.76. The van der Waals surface area contributed by atoms with Crippen molar-refractivity contribution >= 4 is 27.2 Å². The molecule has 0 radical (unpaired) electrons. The third-order valence-electron chi connectivity index (χ3n) is 2.73. The standard InChI is InChI=1S/C12H14N4O2S2/c1-16-11(5-6-14-16)20(17,18)15-8-9-3-2-4-10(7-9)12(13)19/h2-7,15H,8H2,1H3,(H2,13,19). The minimum atomic E-state index is -3.59. The molecular weight excluding hydrogens is 296 g/mol. The SMILES string of the molecule is Cn1nccc1S(=O)(=O)NCc1cccc(C(N)=S)c1. The van der Waals surface area contributed by atoms with Gasteiger partial charge in [-0.1, -0.05) is 30.4 Å². The molecule has 0 bridgehead atoms. The van der Waals surface area contributed by atoms with Crippen molar-refractivity contribution < 1.29 is 8.42 Å². The summed E-state index contributed by atoms with van der Waals surface area (Å²) in [7, 11) is -2.02. The van der Waals surface area contributed by atoms with E-state index >= 15 is 0 Å². The van der Waals surface area contributed by atoms with Crippen LogP contribution in [0.2, 0.25) is 0 Å². The highest BCUT2D eigenvalue weighted by atomic mass is 32.2. The smallest absolute Gasteiger partial charge is 0.258 e. The second-order valence-electron chi connectivity index (χ2n) is 4.18. The Labute approximate surface area is 122 Å². The molecule has 0 atom stereocenters. The van der Waals surface area contributed by atoms with E-state index in [4.69, 9.17) is 18.0 Å². The first-order valence-corrected chi connectivity index (χ1v) is 7.66. The molecule has 0 aliphatic heterocycles. The van der Waals surface area contributed by atoms with Gasteiger partial charge in [-0.25, -0.2) is 13.1 Å². The zero-order valence-electron chi connectivity index (χ0n) is 10.8. The summed E-state index contributed by atoms with van der Waals surface area (Å²) in [5.41, 5.74) is 7.03. The van der Waals surface area contributed by atoms with Crippen LogP contribution >= 0.6 is 12.2 Å². The highest BCUT2D eigenvalue weighted by Crippen LogP contribution is 2.09. The average Bonchev–Trinajstić information content (AvgIpc) is 2.84. The normalized spacial score (nSPS) is 11.4. The Balaban J connectivity index is 2.15. The molecule has 0 unspecified atom stereocenters. The number of aryl methyl sites for hydroxylation is 1. The van der Waals surface area contributed by atoms with Gasteiger partial charge in [0, 0.05) is 19.2 Å². The predicted molar refractivity (Wildman–Crippen MR) is 79.6 cm³/mol. The number of thiocarbonyl (C=S) groups is 1. The minimum Gasteiger partial charge on any atom is -0.389 e. The van der Waals surface area contributed by atoms with Crippen molar-refractivity contribution in [1.29, 1.82) is 0 Å². The fraction of sp³-hybridized carbons (Fsp3) is 0.167. The number of nitrogens with two attached hydrogens (primary N) is 1. The van der Waals surface area contributed by atoms with Crippen LogP contribution in [-0.4, -0.2) is 23.2 Å². The first kappa shape index (κ1) is 14.6. The molecule has 6 nitrogen and oxygen atoms in total. The van der Waals surface area contributed by atoms with Crippen LogP contribution in [0.3, 0.4) is 0 Å². The fourth-order valence-corrected chi connectivity index (χ4v) is 2.98. The van der Waals surface area contributed by atoms with E-state index in [0.717, 1.165) is 5.56 Å². The number of hydrogen-bond donors (Lipinski definition) is 2. The highest BCUT2D eigenvalue weighted by molar-refractivity contribution is 7.89. The van der Waals surface area contributed by atoms with Gasteiger partial charge in [-0.15, -0.1) is 0 Å². The van der Waals surface area contributed by atoms with E-state index in [2.05, 4.69) is 9.82 Å². The summed E-state index contributed by atoms with van der Waals surface area (Å²) in [4.78, 5) is 0.279.